The number of fused-ring (bicyclic) bond motifs is 1. The van der Waals surface area contributed by atoms with Gasteiger partial charge in [-0.2, -0.15) is 0 Å². The van der Waals surface area contributed by atoms with Gasteiger partial charge in [0.15, 0.2) is 0 Å². The Morgan fingerprint density at radius 1 is 1.16 bits per heavy atom. The Morgan fingerprint density at radius 3 is 2.68 bits per heavy atom. The largest absolute Gasteiger partial charge is 0.505 e. The first kappa shape index (κ1) is 13.6. The maximum Gasteiger partial charge on any atom is 0.145 e. The van der Waals surface area contributed by atoms with Crippen LogP contribution in [0.15, 0.2) is 42.6 Å². The van der Waals surface area contributed by atoms with Crippen LogP contribution in [0.5, 0.6) is 5.75 Å². The molecule has 1 heterocycles. The molecule has 1 aromatic carbocycles. The van der Waals surface area contributed by atoms with Crippen molar-refractivity contribution in [3.8, 4) is 5.75 Å². The van der Waals surface area contributed by atoms with E-state index in [1.165, 1.54) is 0 Å². The zero-order valence-electron chi connectivity index (χ0n) is 11.9. The number of phenolic OH excluding ortho intramolecular Hbond substituents is 1. The Hall–Kier alpha value is -1.83. The van der Waals surface area contributed by atoms with Crippen molar-refractivity contribution in [1.29, 1.82) is 0 Å². The number of benzene rings is 1. The first-order valence-electron chi connectivity index (χ1n) is 6.68. The molecule has 0 radical (unpaired) electrons. The highest BCUT2D eigenvalue weighted by Gasteiger charge is 2.07. The summed E-state index contributed by atoms with van der Waals surface area (Å²) >= 11 is 0. The highest BCUT2D eigenvalue weighted by Crippen LogP contribution is 2.27. The number of rotatable bonds is 3. The van der Waals surface area contributed by atoms with E-state index in [0.29, 0.717) is 16.7 Å². The van der Waals surface area contributed by atoms with Gasteiger partial charge in [0.25, 0.3) is 0 Å². The lowest BCUT2D eigenvalue weighted by Gasteiger charge is -2.14. The van der Waals surface area contributed by atoms with Crippen molar-refractivity contribution in [3.63, 3.8) is 0 Å². The Labute approximate surface area is 114 Å². The van der Waals surface area contributed by atoms with Crippen molar-refractivity contribution in [3.05, 3.63) is 48.2 Å². The summed E-state index contributed by atoms with van der Waals surface area (Å²) in [6.07, 6.45) is 7.80. The Bertz CT molecular complexity index is 594. The molecule has 1 N–H and O–H groups in total. The molecule has 0 atom stereocenters. The van der Waals surface area contributed by atoms with Gasteiger partial charge in [0.05, 0.1) is 0 Å². The average Bonchev–Trinajstić information content (AvgIpc) is 2.36. The molecule has 100 valence electrons. The second kappa shape index (κ2) is 5.43. The number of aromatic hydroxyl groups is 1. The van der Waals surface area contributed by atoms with Crippen LogP contribution in [-0.2, 0) is 6.42 Å². The van der Waals surface area contributed by atoms with Crippen molar-refractivity contribution in [2.45, 2.75) is 33.6 Å². The Balaban J connectivity index is 2.15. The fourth-order valence-electron chi connectivity index (χ4n) is 1.98. The molecular formula is C17H21NO. The van der Waals surface area contributed by atoms with Crippen molar-refractivity contribution in [1.82, 2.24) is 4.98 Å². The van der Waals surface area contributed by atoms with Crippen LogP contribution in [0.25, 0.3) is 10.9 Å². The summed E-state index contributed by atoms with van der Waals surface area (Å²) in [6.45, 7) is 6.65. The molecule has 0 saturated heterocycles. The number of hydrogen-bond acceptors (Lipinski definition) is 2. The van der Waals surface area contributed by atoms with Gasteiger partial charge in [0.2, 0.25) is 0 Å². The zero-order chi connectivity index (χ0) is 13.9. The van der Waals surface area contributed by atoms with Crippen molar-refractivity contribution < 1.29 is 5.11 Å². The van der Waals surface area contributed by atoms with Crippen LogP contribution in [0.1, 0.15) is 32.8 Å². The SMILES string of the molecule is CC(C)(C)CC=CCc1ccc2cccnc2c1O. The van der Waals surface area contributed by atoms with Crippen LogP contribution < -0.4 is 0 Å². The summed E-state index contributed by atoms with van der Waals surface area (Å²) in [4.78, 5) is 4.23. The maximum absolute atomic E-state index is 10.2. The third-order valence-electron chi connectivity index (χ3n) is 3.07. The van der Waals surface area contributed by atoms with E-state index in [2.05, 4.69) is 37.9 Å². The van der Waals surface area contributed by atoms with Crippen molar-refractivity contribution in [2.75, 3.05) is 0 Å². The van der Waals surface area contributed by atoms with Gasteiger partial charge in [0.1, 0.15) is 11.3 Å². The highest BCUT2D eigenvalue weighted by molar-refractivity contribution is 5.85. The van der Waals surface area contributed by atoms with E-state index in [9.17, 15) is 5.11 Å². The Morgan fingerprint density at radius 2 is 1.95 bits per heavy atom. The summed E-state index contributed by atoms with van der Waals surface area (Å²) < 4.78 is 0. The highest BCUT2D eigenvalue weighted by atomic mass is 16.3. The molecule has 0 saturated carbocycles. The van der Waals surface area contributed by atoms with Gasteiger partial charge in [0, 0.05) is 11.6 Å². The number of pyridine rings is 1. The quantitative estimate of drug-likeness (QED) is 0.820. The predicted octanol–water partition coefficient (Wildman–Crippen LogP) is 4.48. The third-order valence-corrected chi connectivity index (χ3v) is 3.07. The molecule has 2 heteroatoms. The summed E-state index contributed by atoms with van der Waals surface area (Å²) in [5, 5.41) is 11.2. The average molecular weight is 255 g/mol. The molecular weight excluding hydrogens is 234 g/mol. The van der Waals surface area contributed by atoms with E-state index in [1.807, 2.05) is 24.3 Å². The summed E-state index contributed by atoms with van der Waals surface area (Å²) in [7, 11) is 0. The molecule has 2 nitrogen and oxygen atoms in total. The van der Waals surface area contributed by atoms with Gasteiger partial charge in [-0.15, -0.1) is 0 Å². The molecule has 19 heavy (non-hydrogen) atoms. The van der Waals surface area contributed by atoms with Gasteiger partial charge in [-0.1, -0.05) is 51.1 Å². The number of hydrogen-bond donors (Lipinski definition) is 1. The van der Waals surface area contributed by atoms with Crippen molar-refractivity contribution >= 4 is 10.9 Å². The first-order valence-corrected chi connectivity index (χ1v) is 6.68. The van der Waals surface area contributed by atoms with Crippen LogP contribution in [0.4, 0.5) is 0 Å². The number of phenols is 1. The van der Waals surface area contributed by atoms with Crippen LogP contribution in [0, 0.1) is 5.41 Å². The predicted molar refractivity (Wildman–Crippen MR) is 80.3 cm³/mol. The van der Waals surface area contributed by atoms with E-state index in [0.717, 1.165) is 23.8 Å². The number of allylic oxidation sites excluding steroid dienone is 2. The summed E-state index contributed by atoms with van der Waals surface area (Å²) in [5.74, 6) is 0.304. The van der Waals surface area contributed by atoms with Gasteiger partial charge < -0.3 is 5.11 Å². The van der Waals surface area contributed by atoms with Gasteiger partial charge >= 0.3 is 0 Å². The van der Waals surface area contributed by atoms with E-state index < -0.39 is 0 Å². The van der Waals surface area contributed by atoms with Gasteiger partial charge in [-0.3, -0.25) is 4.98 Å². The minimum atomic E-state index is 0.304. The van der Waals surface area contributed by atoms with E-state index >= 15 is 0 Å². The lowest BCUT2D eigenvalue weighted by molar-refractivity contribution is 0.420. The summed E-state index contributed by atoms with van der Waals surface area (Å²) in [5.41, 5.74) is 1.92. The normalized spacial score (nSPS) is 12.4. The number of aromatic nitrogens is 1. The molecule has 1 aromatic heterocycles. The fraction of sp³-hybridized carbons (Fsp3) is 0.353. The molecule has 0 unspecified atom stereocenters. The monoisotopic (exact) mass is 255 g/mol. The van der Waals surface area contributed by atoms with Gasteiger partial charge in [-0.05, 0) is 29.9 Å². The molecule has 0 aliphatic heterocycles. The molecule has 0 aliphatic carbocycles. The topological polar surface area (TPSA) is 33.1 Å². The molecule has 0 amide bonds. The van der Waals surface area contributed by atoms with E-state index in [-0.39, 0.29) is 0 Å². The maximum atomic E-state index is 10.2. The van der Waals surface area contributed by atoms with Gasteiger partial charge in [-0.25, -0.2) is 0 Å². The molecule has 0 fully saturated rings. The molecule has 0 aliphatic rings. The smallest absolute Gasteiger partial charge is 0.145 e. The Kier molecular flexibility index (Phi) is 3.89. The third kappa shape index (κ3) is 3.57. The molecule has 2 rings (SSSR count). The van der Waals surface area contributed by atoms with E-state index in [4.69, 9.17) is 0 Å². The van der Waals surface area contributed by atoms with Crippen LogP contribution >= 0.6 is 0 Å². The fourth-order valence-corrected chi connectivity index (χ4v) is 1.98. The minimum absolute atomic E-state index is 0.304. The minimum Gasteiger partial charge on any atom is -0.505 e. The van der Waals surface area contributed by atoms with Crippen LogP contribution in [0.3, 0.4) is 0 Å². The standard InChI is InChI=1S/C17H21NO/c1-17(2,3)11-5-4-7-14-10-9-13-8-6-12-18-15(13)16(14)19/h4-6,8-10,12,19H,7,11H2,1-3H3. The van der Waals surface area contributed by atoms with Crippen molar-refractivity contribution in [2.24, 2.45) is 5.41 Å². The molecule has 2 aromatic rings. The molecule has 0 spiro atoms. The lowest BCUT2D eigenvalue weighted by Crippen LogP contribution is -2.01. The second-order valence-electron chi connectivity index (χ2n) is 6.09. The summed E-state index contributed by atoms with van der Waals surface area (Å²) in [6, 6.07) is 7.82. The number of nitrogens with zero attached hydrogens (tertiary/aromatic N) is 1. The van der Waals surface area contributed by atoms with E-state index in [1.54, 1.807) is 6.20 Å². The lowest BCUT2D eigenvalue weighted by atomic mass is 9.92. The molecule has 0 bridgehead atoms. The second-order valence-corrected chi connectivity index (χ2v) is 6.09. The van der Waals surface area contributed by atoms with Crippen LogP contribution in [-0.4, -0.2) is 10.1 Å². The zero-order valence-corrected chi connectivity index (χ0v) is 11.9. The van der Waals surface area contributed by atoms with Crippen LogP contribution in [0.2, 0.25) is 0 Å². The first-order chi connectivity index (χ1) is 8.97.